The minimum Gasteiger partial charge on any atom is -1.00 e. The Kier molecular flexibility index (Phi) is 8.88. The zero-order valence-corrected chi connectivity index (χ0v) is 5.35. The average molecular weight is 118 g/mol. The van der Waals surface area contributed by atoms with Gasteiger partial charge in [0.1, 0.15) is 0 Å². The Hall–Kier alpha value is 0.490. The monoisotopic (exact) mass is 118 g/mol. The van der Waals surface area contributed by atoms with E-state index in [4.69, 9.17) is 9.90 Å². The Morgan fingerprint density at radius 2 is 2.17 bits per heavy atom. The van der Waals surface area contributed by atoms with Crippen molar-refractivity contribution in [3.8, 4) is 0 Å². The molecule has 4 nitrogen and oxygen atoms in total. The van der Waals surface area contributed by atoms with Crippen LogP contribution in [-0.4, -0.2) is 48.9 Å². The molecule has 0 aromatic rings. The van der Waals surface area contributed by atoms with Gasteiger partial charge < -0.3 is 7.96 Å². The molecular formula is CH6CaN2O2. The molecule has 0 unspecified atom stereocenters. The largest absolute Gasteiger partial charge is 2.00 e. The van der Waals surface area contributed by atoms with E-state index in [0.29, 0.717) is 0 Å². The third kappa shape index (κ3) is 8.82. The van der Waals surface area contributed by atoms with E-state index >= 15 is 0 Å². The Bertz CT molecular complexity index is 53.3. The van der Waals surface area contributed by atoms with Crippen molar-refractivity contribution in [3.05, 3.63) is 0 Å². The SMILES string of the molecule is NNC(=O)O.[Ca+2].[H-].[H-]. The molecule has 6 heavy (non-hydrogen) atoms. The van der Waals surface area contributed by atoms with Crippen LogP contribution in [0.2, 0.25) is 0 Å². The van der Waals surface area contributed by atoms with Gasteiger partial charge in [-0.25, -0.2) is 10.6 Å². The van der Waals surface area contributed by atoms with Crippen LogP contribution in [0.4, 0.5) is 4.79 Å². The summed E-state index contributed by atoms with van der Waals surface area (Å²) in [6, 6.07) is 0. The molecule has 0 aliphatic rings. The van der Waals surface area contributed by atoms with Crippen molar-refractivity contribution in [3.63, 3.8) is 0 Å². The van der Waals surface area contributed by atoms with Crippen molar-refractivity contribution >= 4 is 43.8 Å². The first-order chi connectivity index (χ1) is 2.27. The molecule has 0 spiro atoms. The van der Waals surface area contributed by atoms with E-state index in [1.165, 1.54) is 5.43 Å². The van der Waals surface area contributed by atoms with E-state index in [1.807, 2.05) is 0 Å². The quantitative estimate of drug-likeness (QED) is 0.165. The molecule has 0 aliphatic heterocycles. The second-order valence-electron chi connectivity index (χ2n) is 0.449. The van der Waals surface area contributed by atoms with Gasteiger partial charge in [-0.2, -0.15) is 0 Å². The van der Waals surface area contributed by atoms with E-state index in [1.54, 1.807) is 0 Å². The van der Waals surface area contributed by atoms with Gasteiger partial charge in [0.05, 0.1) is 0 Å². The summed E-state index contributed by atoms with van der Waals surface area (Å²) in [5.41, 5.74) is 1.44. The van der Waals surface area contributed by atoms with Crippen LogP contribution in [0, 0.1) is 0 Å². The van der Waals surface area contributed by atoms with Crippen molar-refractivity contribution in [2.75, 3.05) is 0 Å². The maximum atomic E-state index is 9.13. The zero-order valence-electron chi connectivity index (χ0n) is 5.14. The molecule has 0 heterocycles. The van der Waals surface area contributed by atoms with Gasteiger partial charge in [-0.3, -0.25) is 5.43 Å². The topological polar surface area (TPSA) is 75.3 Å². The summed E-state index contributed by atoms with van der Waals surface area (Å²) in [5.74, 6) is 4.32. The number of rotatable bonds is 0. The van der Waals surface area contributed by atoms with Crippen molar-refractivity contribution in [1.29, 1.82) is 0 Å². The molecule has 5 heteroatoms. The second-order valence-corrected chi connectivity index (χ2v) is 0.449. The summed E-state index contributed by atoms with van der Waals surface area (Å²) >= 11 is 0. The molecule has 0 saturated carbocycles. The van der Waals surface area contributed by atoms with Crippen LogP contribution < -0.4 is 11.3 Å². The van der Waals surface area contributed by atoms with Gasteiger partial charge in [0.15, 0.2) is 0 Å². The molecule has 0 aromatic heterocycles. The van der Waals surface area contributed by atoms with E-state index in [9.17, 15) is 0 Å². The number of nitrogens with two attached hydrogens (primary N) is 1. The molecule has 1 amide bonds. The van der Waals surface area contributed by atoms with Gasteiger partial charge in [-0.05, 0) is 0 Å². The third-order valence-electron chi connectivity index (χ3n) is 0.123. The van der Waals surface area contributed by atoms with Gasteiger partial charge in [-0.1, -0.05) is 0 Å². The molecule has 0 aliphatic carbocycles. The van der Waals surface area contributed by atoms with Gasteiger partial charge in [0.25, 0.3) is 0 Å². The molecule has 0 bridgehead atoms. The number of carboxylic acid groups (broad SMARTS) is 1. The van der Waals surface area contributed by atoms with Gasteiger partial charge >= 0.3 is 43.8 Å². The van der Waals surface area contributed by atoms with E-state index in [0.717, 1.165) is 0 Å². The van der Waals surface area contributed by atoms with Crippen LogP contribution >= 0.6 is 0 Å². The fraction of sp³-hybridized carbons (Fsp3) is 0. The first-order valence-electron chi connectivity index (χ1n) is 0.966. The van der Waals surface area contributed by atoms with E-state index in [2.05, 4.69) is 5.84 Å². The van der Waals surface area contributed by atoms with Crippen LogP contribution in [0.15, 0.2) is 0 Å². The smallest absolute Gasteiger partial charge is 1.00 e. The van der Waals surface area contributed by atoms with Gasteiger partial charge in [0.2, 0.25) is 0 Å². The Balaban J connectivity index is -0.0000000267. The number of carbonyl (C=O) groups is 1. The van der Waals surface area contributed by atoms with E-state index in [-0.39, 0.29) is 40.6 Å². The maximum Gasteiger partial charge on any atom is 2.00 e. The normalized spacial score (nSPS) is 5.50. The predicted molar refractivity (Wildman–Crippen MR) is 23.3 cm³/mol. The number of hydrogen-bond acceptors (Lipinski definition) is 2. The molecule has 0 saturated heterocycles. The Morgan fingerprint density at radius 1 is 2.00 bits per heavy atom. The second kappa shape index (κ2) is 5.49. The van der Waals surface area contributed by atoms with Gasteiger partial charge in [0, 0.05) is 0 Å². The number of nitrogens with one attached hydrogen (secondary N) is 1. The zero-order chi connectivity index (χ0) is 4.28. The fourth-order valence-corrected chi connectivity index (χ4v) is 0. The van der Waals surface area contributed by atoms with E-state index < -0.39 is 6.09 Å². The maximum absolute atomic E-state index is 9.13. The van der Waals surface area contributed by atoms with Crippen LogP contribution in [0.3, 0.4) is 0 Å². The summed E-state index contributed by atoms with van der Waals surface area (Å²) in [6.07, 6.45) is -1.22. The van der Waals surface area contributed by atoms with Gasteiger partial charge in [-0.15, -0.1) is 0 Å². The third-order valence-corrected chi connectivity index (χ3v) is 0.123. The summed E-state index contributed by atoms with van der Waals surface area (Å²) in [6.45, 7) is 0. The van der Waals surface area contributed by atoms with Crippen LogP contribution in [0.5, 0.6) is 0 Å². The summed E-state index contributed by atoms with van der Waals surface area (Å²) in [4.78, 5) is 9.13. The minimum atomic E-state index is -1.22. The summed E-state index contributed by atoms with van der Waals surface area (Å²) < 4.78 is 0. The molecule has 0 rings (SSSR count). The standard InChI is InChI=1S/CH4N2O2.Ca.2H/c2-3-1(4)5;;;/h3H,2H2,(H,4,5);;;/q;+2;2*-1. The van der Waals surface area contributed by atoms with Crippen molar-refractivity contribution in [1.82, 2.24) is 5.43 Å². The Labute approximate surface area is 67.6 Å². The minimum absolute atomic E-state index is 0. The molecule has 34 valence electrons. The number of amides is 1. The average Bonchev–Trinajstić information content (AvgIpc) is 1.38. The number of hydrogen-bond donors (Lipinski definition) is 3. The van der Waals surface area contributed by atoms with Crippen molar-refractivity contribution < 1.29 is 12.8 Å². The molecule has 0 atom stereocenters. The Morgan fingerprint density at radius 3 is 2.17 bits per heavy atom. The molecular weight excluding hydrogens is 112 g/mol. The molecule has 0 aromatic carbocycles. The molecule has 4 N–H and O–H groups in total. The van der Waals surface area contributed by atoms with Crippen LogP contribution in [0.1, 0.15) is 2.85 Å². The first kappa shape index (κ1) is 9.70. The van der Waals surface area contributed by atoms with Crippen molar-refractivity contribution in [2.45, 2.75) is 0 Å². The van der Waals surface area contributed by atoms with Crippen LogP contribution in [-0.2, 0) is 0 Å². The molecule has 0 fully saturated rings. The van der Waals surface area contributed by atoms with Crippen molar-refractivity contribution in [2.24, 2.45) is 5.84 Å². The molecule has 0 radical (unpaired) electrons. The first-order valence-corrected chi connectivity index (χ1v) is 0.966. The predicted octanol–water partition coefficient (Wildman–Crippen LogP) is -1.03. The summed E-state index contributed by atoms with van der Waals surface area (Å²) in [5, 5.41) is 7.49. The van der Waals surface area contributed by atoms with Crippen LogP contribution in [0.25, 0.3) is 0 Å². The number of hydrazine groups is 1. The summed E-state index contributed by atoms with van der Waals surface area (Å²) in [7, 11) is 0. The fourth-order valence-electron chi connectivity index (χ4n) is 0.